The van der Waals surface area contributed by atoms with E-state index in [4.69, 9.17) is 10.5 Å². The first-order chi connectivity index (χ1) is 10.2. The number of para-hydroxylation sites is 1. The summed E-state index contributed by atoms with van der Waals surface area (Å²) >= 11 is 3.58. The lowest BCUT2D eigenvalue weighted by Crippen LogP contribution is -2.23. The van der Waals surface area contributed by atoms with Crippen LogP contribution in [0.25, 0.3) is 10.9 Å². The minimum atomic E-state index is 0.345. The Bertz CT molecular complexity index is 710. The summed E-state index contributed by atoms with van der Waals surface area (Å²) in [6.45, 7) is 0. The molecule has 0 atom stereocenters. The third-order valence-corrected chi connectivity index (χ3v) is 4.37. The number of H-pyrrole nitrogens is 1. The number of rotatable bonds is 2. The fraction of sp³-hybridized carbons (Fsp3) is 0.357. The van der Waals surface area contributed by atoms with E-state index < -0.39 is 0 Å². The van der Waals surface area contributed by atoms with Gasteiger partial charge in [0, 0.05) is 16.1 Å². The number of methoxy groups -OCH3 is 1. The van der Waals surface area contributed by atoms with Crippen LogP contribution in [0.1, 0.15) is 24.6 Å². The molecule has 3 N–H and O–H groups in total. The summed E-state index contributed by atoms with van der Waals surface area (Å²) in [7, 11) is 1.60. The van der Waals surface area contributed by atoms with Crippen LogP contribution in [0.2, 0.25) is 0 Å². The molecule has 1 aliphatic rings. The average Bonchev–Trinajstić information content (AvgIpc) is 2.53. The van der Waals surface area contributed by atoms with Gasteiger partial charge < -0.3 is 10.5 Å². The highest BCUT2D eigenvalue weighted by Gasteiger charge is 2.29. The van der Waals surface area contributed by atoms with Gasteiger partial charge in [-0.15, -0.1) is 0 Å². The van der Waals surface area contributed by atoms with Gasteiger partial charge in [-0.1, -0.05) is 22.0 Å². The van der Waals surface area contributed by atoms with Crippen LogP contribution in [0.3, 0.4) is 0 Å². The topological polar surface area (TPSA) is 89.7 Å². The molecule has 1 heterocycles. The summed E-state index contributed by atoms with van der Waals surface area (Å²) in [5, 5.41) is 7.79. The maximum atomic E-state index is 6.16. The molecule has 110 valence electrons. The molecule has 3 rings (SSSR count). The van der Waals surface area contributed by atoms with Crippen molar-refractivity contribution < 1.29 is 4.74 Å². The molecule has 1 saturated carbocycles. The van der Waals surface area contributed by atoms with Crippen LogP contribution in [0, 0.1) is 0 Å². The maximum absolute atomic E-state index is 6.16. The molecule has 6 nitrogen and oxygen atoms in total. The number of fused-ring (bicyclic) bond motifs is 1. The van der Waals surface area contributed by atoms with E-state index >= 15 is 0 Å². The summed E-state index contributed by atoms with van der Waals surface area (Å²) < 4.78 is 5.32. The summed E-state index contributed by atoms with van der Waals surface area (Å²) in [6.07, 6.45) is 3.51. The molecule has 1 aliphatic carbocycles. The van der Waals surface area contributed by atoms with Gasteiger partial charge in [-0.05, 0) is 25.0 Å². The first-order valence-corrected chi connectivity index (χ1v) is 7.61. The molecular formula is C14H16BrN5O. The standard InChI is InChI=1S/C14H16BrN5O/c1-21-11-4-2-3-10-12(11)17-7-18-20-14(19-13(10)16)8-5-9(15)6-8/h2-4,7-9H,5-6,16H2,1H3,(H,19,20). The van der Waals surface area contributed by atoms with Gasteiger partial charge in [0.2, 0.25) is 0 Å². The maximum Gasteiger partial charge on any atom is 0.145 e. The predicted octanol–water partition coefficient (Wildman–Crippen LogP) is 2.71. The number of nitrogens with two attached hydrogens (primary N) is 1. The number of alkyl halides is 1. The third kappa shape index (κ3) is 2.78. The summed E-state index contributed by atoms with van der Waals surface area (Å²) in [4.78, 5) is 9.38. The largest absolute Gasteiger partial charge is 0.494 e. The Balaban J connectivity index is 2.20. The van der Waals surface area contributed by atoms with E-state index in [1.54, 1.807) is 7.11 Å². The highest BCUT2D eigenvalue weighted by atomic mass is 79.9. The van der Waals surface area contributed by atoms with Crippen molar-refractivity contribution in [2.24, 2.45) is 0 Å². The number of hydrogen-bond donors (Lipinski definition) is 2. The Hall–Kier alpha value is -1.89. The molecule has 1 fully saturated rings. The number of nitrogen functional groups attached to an aromatic ring is 1. The van der Waals surface area contributed by atoms with Crippen molar-refractivity contribution in [2.45, 2.75) is 23.6 Å². The molecule has 0 radical (unpaired) electrons. The Labute approximate surface area is 130 Å². The van der Waals surface area contributed by atoms with E-state index in [1.807, 2.05) is 18.2 Å². The third-order valence-electron chi connectivity index (χ3n) is 3.63. The van der Waals surface area contributed by atoms with Gasteiger partial charge in [0.05, 0.1) is 7.11 Å². The second kappa shape index (κ2) is 5.85. The molecule has 0 unspecified atom stereocenters. The van der Waals surface area contributed by atoms with Crippen molar-refractivity contribution in [2.75, 3.05) is 12.8 Å². The zero-order valence-electron chi connectivity index (χ0n) is 11.6. The van der Waals surface area contributed by atoms with Crippen LogP contribution in [0.4, 0.5) is 5.82 Å². The second-order valence-electron chi connectivity index (χ2n) is 4.99. The van der Waals surface area contributed by atoms with Gasteiger partial charge in [-0.3, -0.25) is 5.10 Å². The van der Waals surface area contributed by atoms with Crippen molar-refractivity contribution in [3.05, 3.63) is 30.4 Å². The van der Waals surface area contributed by atoms with Gasteiger partial charge in [-0.25, -0.2) is 9.97 Å². The Morgan fingerprint density at radius 2 is 2.19 bits per heavy atom. The van der Waals surface area contributed by atoms with E-state index in [2.05, 4.69) is 36.1 Å². The van der Waals surface area contributed by atoms with E-state index in [-0.39, 0.29) is 0 Å². The van der Waals surface area contributed by atoms with E-state index in [9.17, 15) is 0 Å². The molecular weight excluding hydrogens is 334 g/mol. The fourth-order valence-corrected chi connectivity index (χ4v) is 3.28. The van der Waals surface area contributed by atoms with E-state index in [0.717, 1.165) is 24.1 Å². The molecule has 0 bridgehead atoms. The first-order valence-electron chi connectivity index (χ1n) is 6.70. The van der Waals surface area contributed by atoms with Crippen molar-refractivity contribution in [1.29, 1.82) is 0 Å². The highest BCUT2D eigenvalue weighted by Crippen LogP contribution is 2.39. The van der Waals surface area contributed by atoms with Crippen molar-refractivity contribution in [1.82, 2.24) is 20.2 Å². The molecule has 0 saturated heterocycles. The minimum absolute atomic E-state index is 0.345. The number of aromatic nitrogens is 4. The van der Waals surface area contributed by atoms with Crippen LogP contribution in [-0.2, 0) is 0 Å². The number of hydrogen-bond acceptors (Lipinski definition) is 5. The SMILES string of the molecule is COc1cccc2c(N)nc(C3CC(Br)C3)[nH]ncnc12. The zero-order valence-corrected chi connectivity index (χ0v) is 13.2. The zero-order chi connectivity index (χ0) is 14.8. The number of nitrogens with zero attached hydrogens (tertiary/aromatic N) is 3. The lowest BCUT2D eigenvalue weighted by atomic mass is 9.85. The predicted molar refractivity (Wildman–Crippen MR) is 85.0 cm³/mol. The van der Waals surface area contributed by atoms with Crippen LogP contribution in [0.5, 0.6) is 5.75 Å². The second-order valence-corrected chi connectivity index (χ2v) is 6.28. The fourth-order valence-electron chi connectivity index (χ4n) is 2.38. The number of nitrogens with one attached hydrogen (secondary N) is 1. The van der Waals surface area contributed by atoms with Crippen LogP contribution >= 0.6 is 15.9 Å². The highest BCUT2D eigenvalue weighted by molar-refractivity contribution is 9.09. The van der Waals surface area contributed by atoms with Crippen LogP contribution in [-0.4, -0.2) is 32.1 Å². The molecule has 1 aromatic carbocycles. The number of anilines is 1. The van der Waals surface area contributed by atoms with Gasteiger partial charge in [-0.2, -0.15) is 5.10 Å². The number of ether oxygens (including phenoxy) is 1. The van der Waals surface area contributed by atoms with Crippen molar-refractivity contribution in [3.8, 4) is 5.75 Å². The summed E-state index contributed by atoms with van der Waals surface area (Å²) in [5.74, 6) is 2.19. The first kappa shape index (κ1) is 14.1. The molecule has 0 amide bonds. The molecule has 7 heteroatoms. The number of benzene rings is 1. The van der Waals surface area contributed by atoms with E-state index in [0.29, 0.717) is 27.8 Å². The van der Waals surface area contributed by atoms with Gasteiger partial charge >= 0.3 is 0 Å². The summed E-state index contributed by atoms with van der Waals surface area (Å²) in [5.41, 5.74) is 6.80. The van der Waals surface area contributed by atoms with Gasteiger partial charge in [0.25, 0.3) is 0 Å². The Kier molecular flexibility index (Phi) is 3.92. The quantitative estimate of drug-likeness (QED) is 0.813. The average molecular weight is 350 g/mol. The molecule has 0 spiro atoms. The molecule has 1 aromatic heterocycles. The Morgan fingerprint density at radius 1 is 1.38 bits per heavy atom. The lowest BCUT2D eigenvalue weighted by Gasteiger charge is -2.29. The number of halogens is 1. The number of aromatic amines is 1. The molecule has 2 aromatic rings. The monoisotopic (exact) mass is 349 g/mol. The summed E-state index contributed by atoms with van der Waals surface area (Å²) in [6, 6.07) is 5.58. The molecule has 21 heavy (non-hydrogen) atoms. The van der Waals surface area contributed by atoms with Crippen LogP contribution in [0.15, 0.2) is 24.5 Å². The van der Waals surface area contributed by atoms with Crippen LogP contribution < -0.4 is 10.5 Å². The molecule has 0 aliphatic heterocycles. The van der Waals surface area contributed by atoms with Crippen molar-refractivity contribution >= 4 is 32.7 Å². The smallest absolute Gasteiger partial charge is 0.145 e. The van der Waals surface area contributed by atoms with Gasteiger partial charge in [0.15, 0.2) is 0 Å². The van der Waals surface area contributed by atoms with Gasteiger partial charge in [0.1, 0.15) is 29.2 Å². The van der Waals surface area contributed by atoms with E-state index in [1.165, 1.54) is 6.33 Å². The van der Waals surface area contributed by atoms with Crippen molar-refractivity contribution in [3.63, 3.8) is 0 Å². The lowest BCUT2D eigenvalue weighted by molar-refractivity contribution is 0.419. The minimum Gasteiger partial charge on any atom is -0.494 e. The Morgan fingerprint density at radius 3 is 2.90 bits per heavy atom. The normalized spacial score (nSPS) is 20.7.